The summed E-state index contributed by atoms with van der Waals surface area (Å²) in [6.07, 6.45) is 3.42. The van der Waals surface area contributed by atoms with Gasteiger partial charge in [-0.15, -0.1) is 0 Å². The Labute approximate surface area is 95.0 Å². The lowest BCUT2D eigenvalue weighted by Crippen LogP contribution is -2.21. The van der Waals surface area contributed by atoms with Crippen LogP contribution in [0.25, 0.3) is 0 Å². The van der Waals surface area contributed by atoms with Crippen LogP contribution in [0.3, 0.4) is 0 Å². The lowest BCUT2D eigenvalue weighted by molar-refractivity contribution is -0.115. The second kappa shape index (κ2) is 6.59. The van der Waals surface area contributed by atoms with Crippen LogP contribution in [-0.4, -0.2) is 18.0 Å². The van der Waals surface area contributed by atoms with E-state index in [4.69, 9.17) is 4.74 Å². The largest absolute Gasteiger partial charge is 0.380 e. The molecule has 1 rings (SSSR count). The third-order valence-corrected chi connectivity index (χ3v) is 1.98. The van der Waals surface area contributed by atoms with Crippen molar-refractivity contribution in [3.8, 4) is 11.8 Å². The molecule has 0 fully saturated rings. The van der Waals surface area contributed by atoms with E-state index in [2.05, 4.69) is 22.1 Å². The molecule has 0 unspecified atom stereocenters. The molecule has 0 spiro atoms. The summed E-state index contributed by atoms with van der Waals surface area (Å²) >= 11 is 0. The molecule has 1 amide bonds. The summed E-state index contributed by atoms with van der Waals surface area (Å²) in [4.78, 5) is 15.2. The molecule has 1 heterocycles. The quantitative estimate of drug-likeness (QED) is 0.763. The number of aromatic nitrogens is 1. The third kappa shape index (κ3) is 3.71. The average molecular weight is 218 g/mol. The van der Waals surface area contributed by atoms with Gasteiger partial charge in [-0.1, -0.05) is 5.92 Å². The zero-order chi connectivity index (χ0) is 11.8. The van der Waals surface area contributed by atoms with E-state index in [-0.39, 0.29) is 5.91 Å². The number of pyridine rings is 1. The van der Waals surface area contributed by atoms with Gasteiger partial charge in [0.25, 0.3) is 5.91 Å². The second-order valence-electron chi connectivity index (χ2n) is 3.14. The zero-order valence-electron chi connectivity index (χ0n) is 9.41. The van der Waals surface area contributed by atoms with Crippen LogP contribution in [0, 0.1) is 11.8 Å². The van der Waals surface area contributed by atoms with Crippen LogP contribution in [-0.2, 0) is 22.7 Å². The minimum Gasteiger partial charge on any atom is -0.380 e. The molecule has 0 saturated carbocycles. The van der Waals surface area contributed by atoms with Crippen molar-refractivity contribution in [2.24, 2.45) is 0 Å². The molecule has 4 nitrogen and oxygen atoms in total. The van der Waals surface area contributed by atoms with Crippen molar-refractivity contribution in [1.82, 2.24) is 10.3 Å². The molecular weight excluding hydrogens is 204 g/mol. The van der Waals surface area contributed by atoms with Crippen LogP contribution in [0.1, 0.15) is 18.1 Å². The van der Waals surface area contributed by atoms with E-state index in [1.54, 1.807) is 26.4 Å². The highest BCUT2D eigenvalue weighted by Crippen LogP contribution is 2.07. The Morgan fingerprint density at radius 1 is 1.56 bits per heavy atom. The number of hydrogen-bond acceptors (Lipinski definition) is 3. The van der Waals surface area contributed by atoms with Gasteiger partial charge < -0.3 is 10.1 Å². The minimum absolute atomic E-state index is 0.275. The molecule has 1 aromatic heterocycles. The van der Waals surface area contributed by atoms with Crippen LogP contribution in [0.5, 0.6) is 0 Å². The third-order valence-electron chi connectivity index (χ3n) is 1.98. The molecule has 0 aliphatic rings. The van der Waals surface area contributed by atoms with Crippen molar-refractivity contribution in [3.05, 3.63) is 29.6 Å². The highest BCUT2D eigenvalue weighted by Gasteiger charge is 2.03. The van der Waals surface area contributed by atoms with Crippen molar-refractivity contribution < 1.29 is 9.53 Å². The standard InChI is InChI=1S/C12H14N2O2/c1-3-4-12(15)14-8-10-5-6-13-7-11(10)9-16-2/h5-7H,8-9H2,1-2H3,(H,14,15). The van der Waals surface area contributed by atoms with Gasteiger partial charge in [-0.3, -0.25) is 9.78 Å². The van der Waals surface area contributed by atoms with Crippen molar-refractivity contribution in [2.45, 2.75) is 20.1 Å². The van der Waals surface area contributed by atoms with Gasteiger partial charge in [0.05, 0.1) is 6.61 Å². The van der Waals surface area contributed by atoms with Gasteiger partial charge in [-0.2, -0.15) is 0 Å². The van der Waals surface area contributed by atoms with Crippen LogP contribution in [0.4, 0.5) is 0 Å². The number of nitrogens with one attached hydrogen (secondary N) is 1. The topological polar surface area (TPSA) is 51.2 Å². The highest BCUT2D eigenvalue weighted by atomic mass is 16.5. The van der Waals surface area contributed by atoms with Gasteiger partial charge in [-0.25, -0.2) is 0 Å². The average Bonchev–Trinajstić information content (AvgIpc) is 2.29. The molecule has 0 bridgehead atoms. The Kier molecular flexibility index (Phi) is 5.03. The Bertz CT molecular complexity index is 419. The highest BCUT2D eigenvalue weighted by molar-refractivity contribution is 5.93. The van der Waals surface area contributed by atoms with Gasteiger partial charge >= 0.3 is 0 Å². The fourth-order valence-electron chi connectivity index (χ4n) is 1.25. The maximum absolute atomic E-state index is 11.2. The number of ether oxygens (including phenoxy) is 1. The minimum atomic E-state index is -0.275. The number of hydrogen-bond donors (Lipinski definition) is 1. The smallest absolute Gasteiger partial charge is 0.296 e. The van der Waals surface area contributed by atoms with E-state index in [0.717, 1.165) is 11.1 Å². The maximum atomic E-state index is 11.2. The Morgan fingerprint density at radius 2 is 2.38 bits per heavy atom. The van der Waals surface area contributed by atoms with E-state index in [1.165, 1.54) is 0 Å². The maximum Gasteiger partial charge on any atom is 0.296 e. The van der Waals surface area contributed by atoms with Crippen LogP contribution in [0.15, 0.2) is 18.5 Å². The van der Waals surface area contributed by atoms with E-state index < -0.39 is 0 Å². The first kappa shape index (κ1) is 12.2. The fraction of sp³-hybridized carbons (Fsp3) is 0.333. The van der Waals surface area contributed by atoms with Gasteiger partial charge in [0.1, 0.15) is 0 Å². The number of carbonyl (C=O) groups excluding carboxylic acids is 1. The van der Waals surface area contributed by atoms with E-state index in [1.807, 2.05) is 6.07 Å². The molecular formula is C12H14N2O2. The molecule has 0 aromatic carbocycles. The second-order valence-corrected chi connectivity index (χ2v) is 3.14. The molecule has 0 aliphatic carbocycles. The van der Waals surface area contributed by atoms with Crippen LogP contribution in [0.2, 0.25) is 0 Å². The first-order chi connectivity index (χ1) is 7.77. The molecule has 0 aliphatic heterocycles. The predicted molar refractivity (Wildman–Crippen MR) is 60.2 cm³/mol. The van der Waals surface area contributed by atoms with E-state index >= 15 is 0 Å². The Balaban J connectivity index is 2.64. The van der Waals surface area contributed by atoms with Gasteiger partial charge in [-0.05, 0) is 24.5 Å². The first-order valence-electron chi connectivity index (χ1n) is 4.89. The molecule has 0 radical (unpaired) electrons. The van der Waals surface area contributed by atoms with Crippen molar-refractivity contribution in [2.75, 3.05) is 7.11 Å². The summed E-state index contributed by atoms with van der Waals surface area (Å²) in [6, 6.07) is 1.86. The van der Waals surface area contributed by atoms with E-state index in [0.29, 0.717) is 13.2 Å². The normalized spacial score (nSPS) is 9.12. The fourth-order valence-corrected chi connectivity index (χ4v) is 1.25. The predicted octanol–water partition coefficient (Wildman–Crippen LogP) is 0.868. The molecule has 4 heteroatoms. The first-order valence-corrected chi connectivity index (χ1v) is 4.89. The summed E-state index contributed by atoms with van der Waals surface area (Å²) in [7, 11) is 1.62. The summed E-state index contributed by atoms with van der Waals surface area (Å²) < 4.78 is 5.04. The Hall–Kier alpha value is -1.86. The summed E-state index contributed by atoms with van der Waals surface area (Å²) in [6.45, 7) is 2.55. The van der Waals surface area contributed by atoms with E-state index in [9.17, 15) is 4.79 Å². The molecule has 0 atom stereocenters. The van der Waals surface area contributed by atoms with Crippen molar-refractivity contribution in [3.63, 3.8) is 0 Å². The zero-order valence-corrected chi connectivity index (χ0v) is 9.41. The van der Waals surface area contributed by atoms with Gasteiger partial charge in [0.2, 0.25) is 0 Å². The summed E-state index contributed by atoms with van der Waals surface area (Å²) in [5.41, 5.74) is 1.96. The van der Waals surface area contributed by atoms with Crippen molar-refractivity contribution >= 4 is 5.91 Å². The lowest BCUT2D eigenvalue weighted by Gasteiger charge is -2.07. The number of amides is 1. The monoisotopic (exact) mass is 218 g/mol. The molecule has 0 saturated heterocycles. The van der Waals surface area contributed by atoms with Crippen molar-refractivity contribution in [1.29, 1.82) is 0 Å². The molecule has 1 N–H and O–H groups in total. The summed E-state index contributed by atoms with van der Waals surface area (Å²) in [5.74, 6) is 4.69. The molecule has 1 aromatic rings. The number of methoxy groups -OCH3 is 1. The van der Waals surface area contributed by atoms with Gasteiger partial charge in [0, 0.05) is 31.6 Å². The number of nitrogens with zero attached hydrogens (tertiary/aromatic N) is 1. The Morgan fingerprint density at radius 3 is 3.06 bits per heavy atom. The van der Waals surface area contributed by atoms with Gasteiger partial charge in [0.15, 0.2) is 0 Å². The number of carbonyl (C=O) groups is 1. The van der Waals surface area contributed by atoms with Crippen LogP contribution >= 0.6 is 0 Å². The number of rotatable bonds is 4. The SMILES string of the molecule is CC#CC(=O)NCc1ccncc1COC. The summed E-state index contributed by atoms with van der Waals surface area (Å²) in [5, 5.41) is 2.70. The molecule has 16 heavy (non-hydrogen) atoms. The lowest BCUT2D eigenvalue weighted by atomic mass is 10.1. The molecule has 84 valence electrons. The van der Waals surface area contributed by atoms with Crippen LogP contribution < -0.4 is 5.32 Å².